The summed E-state index contributed by atoms with van der Waals surface area (Å²) in [4.78, 5) is 14.6. The van der Waals surface area contributed by atoms with Crippen molar-refractivity contribution >= 4 is 11.5 Å². The van der Waals surface area contributed by atoms with E-state index in [0.717, 1.165) is 11.1 Å². The van der Waals surface area contributed by atoms with Crippen molar-refractivity contribution in [2.24, 2.45) is 0 Å². The van der Waals surface area contributed by atoms with Gasteiger partial charge in [0, 0.05) is 30.8 Å². The number of hydrogen-bond donors (Lipinski definition) is 0. The van der Waals surface area contributed by atoms with Gasteiger partial charge in [-0.1, -0.05) is 18.2 Å². The summed E-state index contributed by atoms with van der Waals surface area (Å²) >= 11 is 0. The van der Waals surface area contributed by atoms with Crippen LogP contribution in [0.25, 0.3) is 5.57 Å². The summed E-state index contributed by atoms with van der Waals surface area (Å²) in [6, 6.07) is 9.98. The predicted molar refractivity (Wildman–Crippen MR) is 117 cm³/mol. The number of methoxy groups -OCH3 is 3. The average Bonchev–Trinajstić information content (AvgIpc) is 2.82. The summed E-state index contributed by atoms with van der Waals surface area (Å²) < 4.78 is 57.6. The normalized spacial score (nSPS) is 14.0. The topological polar surface area (TPSA) is 57.2 Å². The van der Waals surface area contributed by atoms with Crippen molar-refractivity contribution in [1.29, 1.82) is 0 Å². The molecule has 3 rings (SSSR count). The first-order valence-electron chi connectivity index (χ1n) is 10.3. The van der Waals surface area contributed by atoms with Gasteiger partial charge in [-0.2, -0.15) is 13.2 Å². The smallest absolute Gasteiger partial charge is 0.411 e. The lowest BCUT2D eigenvalue weighted by Crippen LogP contribution is -2.34. The molecule has 0 fully saturated rings. The Kier molecular flexibility index (Phi) is 7.86. The van der Waals surface area contributed by atoms with Crippen LogP contribution in [-0.4, -0.2) is 58.0 Å². The van der Waals surface area contributed by atoms with E-state index in [1.807, 2.05) is 6.08 Å². The van der Waals surface area contributed by atoms with Gasteiger partial charge in [0.1, 0.15) is 23.9 Å². The molecule has 0 atom stereocenters. The Morgan fingerprint density at radius 1 is 1.00 bits per heavy atom. The molecule has 0 radical (unpaired) electrons. The Labute approximate surface area is 190 Å². The quantitative estimate of drug-likeness (QED) is 0.565. The fourth-order valence-corrected chi connectivity index (χ4v) is 3.61. The molecule has 33 heavy (non-hydrogen) atoms. The van der Waals surface area contributed by atoms with Crippen LogP contribution in [0.5, 0.6) is 17.2 Å². The maximum atomic E-state index is 12.9. The van der Waals surface area contributed by atoms with Crippen LogP contribution in [0.15, 0.2) is 42.5 Å². The molecular weight excluding hydrogens is 439 g/mol. The maximum Gasteiger partial charge on any atom is 0.411 e. The molecule has 1 aliphatic rings. The van der Waals surface area contributed by atoms with E-state index in [9.17, 15) is 18.0 Å². The highest BCUT2D eigenvalue weighted by molar-refractivity contribution is 5.95. The zero-order valence-electron chi connectivity index (χ0n) is 18.7. The third-order valence-corrected chi connectivity index (χ3v) is 5.27. The first-order chi connectivity index (χ1) is 15.8. The number of carbonyl (C=O) groups excluding carboxylic acids is 1. The fourth-order valence-electron chi connectivity index (χ4n) is 3.61. The third-order valence-electron chi connectivity index (χ3n) is 5.27. The number of alkyl halides is 3. The second kappa shape index (κ2) is 10.6. The minimum atomic E-state index is -4.36. The summed E-state index contributed by atoms with van der Waals surface area (Å²) in [5.41, 5.74) is 2.87. The van der Waals surface area contributed by atoms with E-state index < -0.39 is 12.8 Å². The molecule has 0 saturated carbocycles. The number of rotatable bonds is 8. The summed E-state index contributed by atoms with van der Waals surface area (Å²) in [5, 5.41) is 0. The second-order valence-corrected chi connectivity index (χ2v) is 7.44. The number of carbonyl (C=O) groups is 1. The van der Waals surface area contributed by atoms with Crippen LogP contribution in [0, 0.1) is 0 Å². The Hall–Kier alpha value is -3.20. The van der Waals surface area contributed by atoms with E-state index in [-0.39, 0.29) is 12.5 Å². The SMILES string of the molecule is COc1cc(OC)c(C2=CCN(C(=O)c3ccc(COCC(F)(F)F)cc3)CC2)c(OC)c1. The van der Waals surface area contributed by atoms with Gasteiger partial charge in [-0.15, -0.1) is 0 Å². The number of halogens is 3. The number of ether oxygens (including phenoxy) is 4. The molecule has 1 aliphatic heterocycles. The molecule has 2 aromatic rings. The highest BCUT2D eigenvalue weighted by atomic mass is 19.4. The van der Waals surface area contributed by atoms with Crippen LogP contribution >= 0.6 is 0 Å². The first-order valence-corrected chi connectivity index (χ1v) is 10.3. The molecule has 0 unspecified atom stereocenters. The van der Waals surface area contributed by atoms with Gasteiger partial charge in [-0.05, 0) is 29.7 Å². The summed E-state index contributed by atoms with van der Waals surface area (Å²) in [5.74, 6) is 1.72. The van der Waals surface area contributed by atoms with Crippen molar-refractivity contribution in [3.63, 3.8) is 0 Å². The molecule has 178 valence electrons. The molecular formula is C24H26F3NO5. The molecule has 0 aromatic heterocycles. The largest absolute Gasteiger partial charge is 0.496 e. The molecule has 1 amide bonds. The lowest BCUT2D eigenvalue weighted by Gasteiger charge is -2.28. The van der Waals surface area contributed by atoms with Gasteiger partial charge < -0.3 is 23.8 Å². The van der Waals surface area contributed by atoms with Crippen LogP contribution in [-0.2, 0) is 11.3 Å². The van der Waals surface area contributed by atoms with Gasteiger partial charge in [0.05, 0.1) is 33.5 Å². The summed E-state index contributed by atoms with van der Waals surface area (Å²) in [7, 11) is 4.73. The van der Waals surface area contributed by atoms with Crippen molar-refractivity contribution in [2.75, 3.05) is 41.0 Å². The molecule has 0 saturated heterocycles. The number of benzene rings is 2. The second-order valence-electron chi connectivity index (χ2n) is 7.44. The van der Waals surface area contributed by atoms with Crippen LogP contribution in [0.2, 0.25) is 0 Å². The Bertz CT molecular complexity index is 977. The molecule has 0 bridgehead atoms. The zero-order chi connectivity index (χ0) is 24.0. The predicted octanol–water partition coefficient (Wildman–Crippen LogP) is 4.72. The number of amides is 1. The van der Waals surface area contributed by atoms with Crippen LogP contribution < -0.4 is 14.2 Å². The first kappa shape index (κ1) is 24.4. The Balaban J connectivity index is 1.68. The van der Waals surface area contributed by atoms with Crippen LogP contribution in [0.3, 0.4) is 0 Å². The van der Waals surface area contributed by atoms with Crippen LogP contribution in [0.4, 0.5) is 13.2 Å². The highest BCUT2D eigenvalue weighted by Gasteiger charge is 2.27. The molecule has 6 nitrogen and oxygen atoms in total. The van der Waals surface area contributed by atoms with Crippen molar-refractivity contribution in [1.82, 2.24) is 4.90 Å². The molecule has 0 aliphatic carbocycles. The lowest BCUT2D eigenvalue weighted by molar-refractivity contribution is -0.176. The van der Waals surface area contributed by atoms with E-state index in [4.69, 9.17) is 14.2 Å². The van der Waals surface area contributed by atoms with Gasteiger partial charge in [-0.3, -0.25) is 4.79 Å². The van der Waals surface area contributed by atoms with Crippen molar-refractivity contribution in [3.8, 4) is 17.2 Å². The number of hydrogen-bond acceptors (Lipinski definition) is 5. The molecule has 2 aromatic carbocycles. The zero-order valence-corrected chi connectivity index (χ0v) is 18.7. The average molecular weight is 465 g/mol. The summed E-state index contributed by atoms with van der Waals surface area (Å²) in [6.45, 7) is -0.572. The minimum absolute atomic E-state index is 0.151. The van der Waals surface area contributed by atoms with Gasteiger partial charge in [0.2, 0.25) is 0 Å². The van der Waals surface area contributed by atoms with Crippen molar-refractivity contribution in [3.05, 3.63) is 59.2 Å². The molecule has 0 N–H and O–H groups in total. The highest BCUT2D eigenvalue weighted by Crippen LogP contribution is 2.41. The standard InChI is InChI=1S/C24H26F3NO5/c1-30-19-12-20(31-2)22(21(13-19)32-3)17-8-10-28(11-9-17)23(29)18-6-4-16(5-7-18)14-33-15-24(25,26)27/h4-8,12-13H,9-11,14-15H2,1-3H3. The van der Waals surface area contributed by atoms with E-state index in [1.54, 1.807) is 62.6 Å². The maximum absolute atomic E-state index is 12.9. The van der Waals surface area contributed by atoms with Gasteiger partial charge in [0.25, 0.3) is 5.91 Å². The van der Waals surface area contributed by atoms with E-state index >= 15 is 0 Å². The third kappa shape index (κ3) is 6.19. The van der Waals surface area contributed by atoms with Gasteiger partial charge in [0.15, 0.2) is 0 Å². The van der Waals surface area contributed by atoms with E-state index in [2.05, 4.69) is 4.74 Å². The Morgan fingerprint density at radius 3 is 2.12 bits per heavy atom. The minimum Gasteiger partial charge on any atom is -0.496 e. The van der Waals surface area contributed by atoms with Crippen molar-refractivity contribution < 1.29 is 36.9 Å². The lowest BCUT2D eigenvalue weighted by atomic mass is 9.96. The molecule has 1 heterocycles. The van der Waals surface area contributed by atoms with Gasteiger partial charge in [-0.25, -0.2) is 0 Å². The molecule has 0 spiro atoms. The van der Waals surface area contributed by atoms with E-state index in [1.165, 1.54) is 0 Å². The Morgan fingerprint density at radius 2 is 1.64 bits per heavy atom. The fraction of sp³-hybridized carbons (Fsp3) is 0.375. The number of nitrogens with zero attached hydrogens (tertiary/aromatic N) is 1. The van der Waals surface area contributed by atoms with Crippen LogP contribution in [0.1, 0.15) is 27.9 Å². The van der Waals surface area contributed by atoms with Gasteiger partial charge >= 0.3 is 6.18 Å². The molecule has 9 heteroatoms. The van der Waals surface area contributed by atoms with Crippen molar-refractivity contribution in [2.45, 2.75) is 19.2 Å². The monoisotopic (exact) mass is 465 g/mol. The van der Waals surface area contributed by atoms with E-state index in [0.29, 0.717) is 47.9 Å². The summed E-state index contributed by atoms with van der Waals surface area (Å²) in [6.07, 6.45) is -1.79.